The monoisotopic (exact) mass is 403 g/mol. The van der Waals surface area contributed by atoms with Crippen LogP contribution >= 0.6 is 0 Å². The highest BCUT2D eigenvalue weighted by Crippen LogP contribution is 2.32. The molecule has 0 radical (unpaired) electrons. The fourth-order valence-electron chi connectivity index (χ4n) is 2.65. The van der Waals surface area contributed by atoms with Crippen molar-refractivity contribution in [2.45, 2.75) is 6.92 Å². The van der Waals surface area contributed by atoms with Gasteiger partial charge in [0.15, 0.2) is 11.5 Å². The Kier molecular flexibility index (Phi) is 5.84. The highest BCUT2D eigenvalue weighted by Gasteiger charge is 2.20. The number of ether oxygens (including phenoxy) is 2. The molecule has 0 saturated heterocycles. The van der Waals surface area contributed by atoms with Gasteiger partial charge in [0.2, 0.25) is 10.0 Å². The number of amides is 1. The molecule has 2 aromatic rings. The average molecular weight is 403 g/mol. The van der Waals surface area contributed by atoms with E-state index in [0.717, 1.165) is 16.1 Å². The van der Waals surface area contributed by atoms with E-state index in [2.05, 4.69) is 10.5 Å². The molecule has 0 unspecified atom stereocenters. The second-order valence-electron chi connectivity index (χ2n) is 6.27. The van der Waals surface area contributed by atoms with Crippen molar-refractivity contribution in [3.05, 3.63) is 53.6 Å². The van der Waals surface area contributed by atoms with Gasteiger partial charge >= 0.3 is 0 Å². The number of carbonyl (C=O) groups is 1. The fraction of sp³-hybridized carbons (Fsp3) is 0.263. The summed E-state index contributed by atoms with van der Waals surface area (Å²) in [6, 6.07) is 12.2. The molecule has 0 spiro atoms. The minimum Gasteiger partial charge on any atom is -0.486 e. The van der Waals surface area contributed by atoms with E-state index < -0.39 is 15.9 Å². The molecule has 2 aromatic carbocycles. The number of nitrogens with one attached hydrogen (secondary N) is 1. The van der Waals surface area contributed by atoms with Crippen LogP contribution in [-0.4, -0.2) is 46.6 Å². The van der Waals surface area contributed by atoms with Crippen LogP contribution in [0.2, 0.25) is 0 Å². The van der Waals surface area contributed by atoms with Gasteiger partial charge in [-0.15, -0.1) is 0 Å². The van der Waals surface area contributed by atoms with Crippen LogP contribution in [0.3, 0.4) is 0 Å². The second-order valence-corrected chi connectivity index (χ2v) is 8.18. The number of hydrazone groups is 1. The van der Waals surface area contributed by atoms with E-state index in [-0.39, 0.29) is 6.54 Å². The van der Waals surface area contributed by atoms with Crippen molar-refractivity contribution in [3.8, 4) is 11.5 Å². The van der Waals surface area contributed by atoms with Crippen molar-refractivity contribution < 1.29 is 22.7 Å². The summed E-state index contributed by atoms with van der Waals surface area (Å²) in [6.45, 7) is 2.42. The predicted molar refractivity (Wildman–Crippen MR) is 107 cm³/mol. The standard InChI is InChI=1S/C19H21N3O5S/c1-14-6-8-16(9-7-14)22(28(2,24)25)13-18(23)21-20-12-15-4-3-5-17-19(15)27-11-10-26-17/h3-9,12H,10-11,13H2,1-2H3,(H,21,23)/b20-12-. The minimum absolute atomic E-state index is 0.383. The summed E-state index contributed by atoms with van der Waals surface area (Å²) in [5, 5.41) is 3.91. The Morgan fingerprint density at radius 2 is 1.89 bits per heavy atom. The van der Waals surface area contributed by atoms with Gasteiger partial charge in [0.05, 0.1) is 18.2 Å². The minimum atomic E-state index is -3.63. The Morgan fingerprint density at radius 3 is 2.61 bits per heavy atom. The molecule has 0 aromatic heterocycles. The van der Waals surface area contributed by atoms with E-state index in [1.165, 1.54) is 6.21 Å². The highest BCUT2D eigenvalue weighted by atomic mass is 32.2. The van der Waals surface area contributed by atoms with Crippen molar-refractivity contribution in [1.82, 2.24) is 5.43 Å². The molecule has 0 aliphatic carbocycles. The van der Waals surface area contributed by atoms with Gasteiger partial charge in [-0.1, -0.05) is 23.8 Å². The maximum atomic E-state index is 12.2. The number of fused-ring (bicyclic) bond motifs is 1. The molecule has 0 saturated carbocycles. The number of anilines is 1. The third-order valence-electron chi connectivity index (χ3n) is 4.00. The maximum absolute atomic E-state index is 12.2. The van der Waals surface area contributed by atoms with Crippen LogP contribution in [-0.2, 0) is 14.8 Å². The van der Waals surface area contributed by atoms with Gasteiger partial charge in [-0.3, -0.25) is 9.10 Å². The lowest BCUT2D eigenvalue weighted by Gasteiger charge is -2.21. The van der Waals surface area contributed by atoms with E-state index in [1.54, 1.807) is 42.5 Å². The zero-order valence-corrected chi connectivity index (χ0v) is 16.4. The number of aryl methyl sites for hydroxylation is 1. The van der Waals surface area contributed by atoms with Crippen molar-refractivity contribution >= 4 is 27.8 Å². The third kappa shape index (κ3) is 4.80. The number of carbonyl (C=O) groups excluding carboxylic acids is 1. The molecule has 1 aliphatic rings. The van der Waals surface area contributed by atoms with E-state index in [9.17, 15) is 13.2 Å². The van der Waals surface area contributed by atoms with Crippen LogP contribution in [0, 0.1) is 6.92 Å². The molecule has 28 heavy (non-hydrogen) atoms. The number of benzene rings is 2. The number of rotatable bonds is 6. The molecule has 1 heterocycles. The van der Waals surface area contributed by atoms with Gasteiger partial charge in [0.1, 0.15) is 19.8 Å². The molecule has 3 rings (SSSR count). The molecule has 0 bridgehead atoms. The van der Waals surface area contributed by atoms with Gasteiger partial charge in [-0.05, 0) is 31.2 Å². The lowest BCUT2D eigenvalue weighted by Crippen LogP contribution is -2.39. The summed E-state index contributed by atoms with van der Waals surface area (Å²) in [6.07, 6.45) is 2.49. The van der Waals surface area contributed by atoms with E-state index >= 15 is 0 Å². The molecular formula is C19H21N3O5S. The number of nitrogens with zero attached hydrogens (tertiary/aromatic N) is 2. The molecule has 1 N–H and O–H groups in total. The Balaban J connectivity index is 1.69. The first-order valence-corrected chi connectivity index (χ1v) is 10.4. The van der Waals surface area contributed by atoms with E-state index in [1.807, 2.05) is 6.92 Å². The van der Waals surface area contributed by atoms with Gasteiger partial charge in [0.25, 0.3) is 5.91 Å². The number of hydrogen-bond acceptors (Lipinski definition) is 6. The van der Waals surface area contributed by atoms with Crippen LogP contribution in [0.25, 0.3) is 0 Å². The van der Waals surface area contributed by atoms with Crippen LogP contribution in [0.1, 0.15) is 11.1 Å². The Hall–Kier alpha value is -3.07. The SMILES string of the molecule is Cc1ccc(N(CC(=O)N/N=C\c2cccc3c2OCCO3)S(C)(=O)=O)cc1. The molecule has 1 aliphatic heterocycles. The average Bonchev–Trinajstić information content (AvgIpc) is 2.66. The lowest BCUT2D eigenvalue weighted by atomic mass is 10.2. The third-order valence-corrected chi connectivity index (χ3v) is 5.14. The predicted octanol–water partition coefficient (Wildman–Crippen LogP) is 1.68. The van der Waals surface area contributed by atoms with Crippen molar-refractivity contribution in [2.75, 3.05) is 30.3 Å². The first kappa shape index (κ1) is 19.7. The summed E-state index contributed by atoms with van der Waals surface area (Å²) in [4.78, 5) is 12.2. The zero-order valence-electron chi connectivity index (χ0n) is 15.6. The molecule has 1 amide bonds. The largest absolute Gasteiger partial charge is 0.486 e. The summed E-state index contributed by atoms with van der Waals surface area (Å²) in [7, 11) is -3.63. The Morgan fingerprint density at radius 1 is 1.18 bits per heavy atom. The molecule has 0 atom stereocenters. The van der Waals surface area contributed by atoms with Crippen molar-refractivity contribution in [1.29, 1.82) is 0 Å². The van der Waals surface area contributed by atoms with Crippen molar-refractivity contribution in [3.63, 3.8) is 0 Å². The summed E-state index contributed by atoms with van der Waals surface area (Å²) >= 11 is 0. The van der Waals surface area contributed by atoms with E-state index in [0.29, 0.717) is 36.0 Å². The van der Waals surface area contributed by atoms with E-state index in [4.69, 9.17) is 9.47 Å². The molecular weight excluding hydrogens is 382 g/mol. The second kappa shape index (κ2) is 8.30. The van der Waals surface area contributed by atoms with Gasteiger partial charge in [-0.25, -0.2) is 13.8 Å². The number of hydrogen-bond donors (Lipinski definition) is 1. The number of sulfonamides is 1. The Bertz CT molecular complexity index is 987. The first-order valence-electron chi connectivity index (χ1n) is 8.59. The van der Waals surface area contributed by atoms with Crippen molar-refractivity contribution in [2.24, 2.45) is 5.10 Å². The lowest BCUT2D eigenvalue weighted by molar-refractivity contribution is -0.119. The molecule has 9 heteroatoms. The van der Waals surface area contributed by atoms with Crippen LogP contribution < -0.4 is 19.2 Å². The number of para-hydroxylation sites is 1. The first-order chi connectivity index (χ1) is 13.3. The van der Waals surface area contributed by atoms with Gasteiger partial charge in [0, 0.05) is 5.56 Å². The molecule has 0 fully saturated rings. The molecule has 148 valence electrons. The van der Waals surface area contributed by atoms with Gasteiger partial charge < -0.3 is 9.47 Å². The smallest absolute Gasteiger partial charge is 0.260 e. The quantitative estimate of drug-likeness (QED) is 0.585. The van der Waals surface area contributed by atoms with Crippen LogP contribution in [0.15, 0.2) is 47.6 Å². The molecule has 8 nitrogen and oxygen atoms in total. The van der Waals surface area contributed by atoms with Gasteiger partial charge in [-0.2, -0.15) is 5.10 Å². The van der Waals surface area contributed by atoms with Crippen LogP contribution in [0.5, 0.6) is 11.5 Å². The summed E-state index contributed by atoms with van der Waals surface area (Å²) in [5.41, 5.74) is 4.40. The zero-order chi connectivity index (χ0) is 20.1. The maximum Gasteiger partial charge on any atom is 0.260 e. The summed E-state index contributed by atoms with van der Waals surface area (Å²) < 4.78 is 36.3. The highest BCUT2D eigenvalue weighted by molar-refractivity contribution is 7.92. The van der Waals surface area contributed by atoms with Crippen LogP contribution in [0.4, 0.5) is 5.69 Å². The fourth-order valence-corrected chi connectivity index (χ4v) is 3.51. The normalized spacial score (nSPS) is 13.4. The topological polar surface area (TPSA) is 97.3 Å². The summed E-state index contributed by atoms with van der Waals surface area (Å²) in [5.74, 6) is 0.609. The Labute approximate surface area is 163 Å².